The summed E-state index contributed by atoms with van der Waals surface area (Å²) in [7, 11) is 1.58. The van der Waals surface area contributed by atoms with E-state index in [-0.39, 0.29) is 42.3 Å². The molecule has 1 aliphatic carbocycles. The molecular weight excluding hydrogens is 813 g/mol. The average molecular weight is 887 g/mol. The van der Waals surface area contributed by atoms with Crippen LogP contribution in [0.15, 0.2) is 47.6 Å². The lowest BCUT2D eigenvalue weighted by Gasteiger charge is -2.38. The average Bonchev–Trinajstić information content (AvgIpc) is 3.26. The van der Waals surface area contributed by atoms with Gasteiger partial charge in [-0.25, -0.2) is 4.79 Å². The summed E-state index contributed by atoms with van der Waals surface area (Å²) in [6.07, 6.45) is 14.4. The number of ether oxygens (including phenoxy) is 4. The Kier molecular flexibility index (Phi) is 22.6. The van der Waals surface area contributed by atoms with Crippen molar-refractivity contribution in [3.63, 3.8) is 0 Å². The molecule has 5 N–H and O–H groups in total. The van der Waals surface area contributed by atoms with Gasteiger partial charge in [0.15, 0.2) is 5.78 Å². The zero-order chi connectivity index (χ0) is 46.7. The van der Waals surface area contributed by atoms with Crippen molar-refractivity contribution in [3.05, 3.63) is 47.6 Å². The van der Waals surface area contributed by atoms with Crippen LogP contribution in [0.3, 0.4) is 0 Å². The molecule has 0 bridgehead atoms. The number of ketones is 3. The van der Waals surface area contributed by atoms with Crippen molar-refractivity contribution >= 4 is 35.8 Å². The van der Waals surface area contributed by atoms with E-state index >= 15 is 0 Å². The highest BCUT2D eigenvalue weighted by atomic mass is 16.6. The quantitative estimate of drug-likeness (QED) is 0.0371. The van der Waals surface area contributed by atoms with E-state index in [4.69, 9.17) is 24.7 Å². The lowest BCUT2D eigenvalue weighted by Crippen LogP contribution is -2.55. The van der Waals surface area contributed by atoms with Gasteiger partial charge in [0.05, 0.1) is 12.2 Å². The number of hydrogen-bond acceptors (Lipinski definition) is 13. The Balaban J connectivity index is 1.44. The van der Waals surface area contributed by atoms with Crippen molar-refractivity contribution in [3.8, 4) is 0 Å². The van der Waals surface area contributed by atoms with E-state index < -0.39 is 65.6 Å². The van der Waals surface area contributed by atoms with Gasteiger partial charge in [0.25, 0.3) is 18.2 Å². The number of Topliss-reactive ketones (excluding diaryl/α,β-unsaturated/α-hetero) is 3. The first-order valence-corrected chi connectivity index (χ1v) is 22.8. The second-order valence-electron chi connectivity index (χ2n) is 18.0. The Hall–Kier alpha value is -4.02. The molecule has 2 saturated heterocycles. The Morgan fingerprint density at radius 3 is 2.22 bits per heavy atom. The van der Waals surface area contributed by atoms with Crippen LogP contribution >= 0.6 is 0 Å². The number of rotatable bonds is 25. The van der Waals surface area contributed by atoms with Crippen molar-refractivity contribution in [2.75, 3.05) is 20.2 Å². The van der Waals surface area contributed by atoms with Gasteiger partial charge in [-0.2, -0.15) is 0 Å². The van der Waals surface area contributed by atoms with Gasteiger partial charge in [-0.3, -0.25) is 24.0 Å². The number of likely N-dealkylation sites (tertiary alicyclic amines) is 1. The SMILES string of the molecule is CO[C@@H](CC1CCC[C@](O)(C(=O)C(=O)N2CCCCC2)O1)/C(C)=C/C=C/C=C/[C@@H](C)C[C@@H](C)C(=O)[C@H](O)C(O)/C(C)=C/[C@@H](C)C(=O)C[C@@H](CCC1CCC(OC(N)=O)CC1)OC=O. The van der Waals surface area contributed by atoms with Crippen LogP contribution in [0.5, 0.6) is 0 Å². The molecule has 1 saturated carbocycles. The standard InChI is InChI=1S/C48H74N2O13/c1-31(14-9-7-10-15-32(2)41(60-6)29-39-16-13-23-48(59,63-39)45(56)46(57)50-24-11-8-12-25-50)26-34(4)42(53)44(55)43(54)35(5)27-33(3)40(52)28-38(61-30-51)22-19-36-17-20-37(21-18-36)62-47(49)58/h7,9-10,14-15,27,30-31,33-34,36-39,41,43-44,54-55,59H,8,11-13,16-26,28-29H2,1-6H3,(H2,49,58)/b10-7+,14-9+,32-15+,35-27+/t31-,33-,34-,36?,37?,38-,39?,41+,43?,44+,48-/m1/s1. The molecular formula is C48H74N2O13. The summed E-state index contributed by atoms with van der Waals surface area (Å²) in [4.78, 5) is 75.9. The second kappa shape index (κ2) is 26.7. The number of aliphatic hydroxyl groups excluding tert-OH is 2. The maximum atomic E-state index is 13.2. The topological polar surface area (TPSA) is 229 Å². The molecule has 9 atom stereocenters. The van der Waals surface area contributed by atoms with E-state index in [0.29, 0.717) is 70.4 Å². The van der Waals surface area contributed by atoms with E-state index in [1.807, 2.05) is 44.2 Å². The molecule has 0 aromatic heterocycles. The lowest BCUT2D eigenvalue weighted by atomic mass is 9.83. The van der Waals surface area contributed by atoms with Gasteiger partial charge >= 0.3 is 6.09 Å². The Labute approximate surface area is 373 Å². The highest BCUT2D eigenvalue weighted by molar-refractivity contribution is 6.38. The number of primary amides is 1. The molecule has 0 radical (unpaired) electrons. The minimum Gasteiger partial charge on any atom is -0.464 e. The number of nitrogens with two attached hydrogens (primary N) is 1. The molecule has 2 amide bonds. The van der Waals surface area contributed by atoms with Crippen LogP contribution in [-0.4, -0.2) is 119 Å². The number of hydrogen-bond donors (Lipinski definition) is 4. The molecule has 3 fully saturated rings. The molecule has 15 heteroatoms. The van der Waals surface area contributed by atoms with Crippen LogP contribution in [0, 0.1) is 23.7 Å². The first-order valence-electron chi connectivity index (χ1n) is 22.8. The summed E-state index contributed by atoms with van der Waals surface area (Å²) in [6, 6.07) is 0. The largest absolute Gasteiger partial charge is 0.464 e. The van der Waals surface area contributed by atoms with E-state index in [0.717, 1.165) is 44.1 Å². The minimum atomic E-state index is -2.14. The summed E-state index contributed by atoms with van der Waals surface area (Å²) < 4.78 is 21.9. The maximum absolute atomic E-state index is 13.2. The van der Waals surface area contributed by atoms with Crippen LogP contribution in [-0.2, 0) is 42.9 Å². The van der Waals surface area contributed by atoms with Crippen LogP contribution < -0.4 is 5.73 Å². The molecule has 2 unspecified atom stereocenters. The number of carbonyl (C=O) groups is 6. The molecule has 63 heavy (non-hydrogen) atoms. The van der Waals surface area contributed by atoms with Crippen molar-refractivity contribution in [1.29, 1.82) is 0 Å². The zero-order valence-electron chi connectivity index (χ0n) is 38.3. The molecule has 15 nitrogen and oxygen atoms in total. The van der Waals surface area contributed by atoms with Crippen molar-refractivity contribution < 1.29 is 63.0 Å². The predicted molar refractivity (Wildman–Crippen MR) is 236 cm³/mol. The monoisotopic (exact) mass is 887 g/mol. The van der Waals surface area contributed by atoms with Crippen LogP contribution in [0.1, 0.15) is 131 Å². The highest BCUT2D eigenvalue weighted by Gasteiger charge is 2.47. The van der Waals surface area contributed by atoms with Gasteiger partial charge in [-0.15, -0.1) is 0 Å². The second-order valence-corrected chi connectivity index (χ2v) is 18.0. The summed E-state index contributed by atoms with van der Waals surface area (Å²) in [6.45, 7) is 10.1. The number of amides is 2. The molecule has 3 rings (SSSR count). The van der Waals surface area contributed by atoms with E-state index in [1.165, 1.54) is 11.0 Å². The number of aliphatic hydroxyl groups is 3. The van der Waals surface area contributed by atoms with Gasteiger partial charge < -0.3 is 44.9 Å². The summed E-state index contributed by atoms with van der Waals surface area (Å²) in [5, 5.41) is 32.8. The van der Waals surface area contributed by atoms with Crippen LogP contribution in [0.2, 0.25) is 0 Å². The fourth-order valence-corrected chi connectivity index (χ4v) is 8.91. The maximum Gasteiger partial charge on any atom is 0.404 e. The molecule has 0 aromatic rings. The van der Waals surface area contributed by atoms with E-state index in [2.05, 4.69) is 0 Å². The summed E-state index contributed by atoms with van der Waals surface area (Å²) in [5.41, 5.74) is 6.31. The highest BCUT2D eigenvalue weighted by Crippen LogP contribution is 2.33. The molecule has 0 spiro atoms. The molecule has 2 aliphatic heterocycles. The van der Waals surface area contributed by atoms with E-state index in [1.54, 1.807) is 27.9 Å². The van der Waals surface area contributed by atoms with Gasteiger partial charge in [0.2, 0.25) is 5.79 Å². The van der Waals surface area contributed by atoms with Gasteiger partial charge in [-0.1, -0.05) is 57.2 Å². The van der Waals surface area contributed by atoms with Crippen molar-refractivity contribution in [2.24, 2.45) is 29.4 Å². The van der Waals surface area contributed by atoms with Crippen LogP contribution in [0.4, 0.5) is 4.79 Å². The Morgan fingerprint density at radius 1 is 0.905 bits per heavy atom. The molecule has 0 aromatic carbocycles. The smallest absolute Gasteiger partial charge is 0.404 e. The Morgan fingerprint density at radius 2 is 1.59 bits per heavy atom. The number of nitrogens with zero attached hydrogens (tertiary/aromatic N) is 1. The fourth-order valence-electron chi connectivity index (χ4n) is 8.91. The minimum absolute atomic E-state index is 0.0154. The van der Waals surface area contributed by atoms with Gasteiger partial charge in [-0.05, 0) is 114 Å². The summed E-state index contributed by atoms with van der Waals surface area (Å²) in [5.74, 6) is -5.37. The first-order chi connectivity index (χ1) is 29.9. The normalized spacial score (nSPS) is 26.0. The molecule has 3 aliphatic rings. The van der Waals surface area contributed by atoms with Crippen molar-refractivity contribution in [2.45, 2.75) is 173 Å². The number of piperidine rings is 1. The first kappa shape index (κ1) is 53.3. The fraction of sp³-hybridized carbons (Fsp3) is 0.708. The molecule has 2 heterocycles. The van der Waals surface area contributed by atoms with Gasteiger partial charge in [0.1, 0.15) is 30.2 Å². The number of allylic oxidation sites excluding steroid dienone is 6. The van der Waals surface area contributed by atoms with Gasteiger partial charge in [0, 0.05) is 51.3 Å². The number of methoxy groups -OCH3 is 1. The van der Waals surface area contributed by atoms with E-state index in [9.17, 15) is 44.1 Å². The number of carbonyl (C=O) groups excluding carboxylic acids is 6. The lowest BCUT2D eigenvalue weighted by molar-refractivity contribution is -0.244. The third-order valence-corrected chi connectivity index (χ3v) is 12.8. The Bertz CT molecular complexity index is 1640. The predicted octanol–water partition coefficient (Wildman–Crippen LogP) is 5.76. The third kappa shape index (κ3) is 17.5. The van der Waals surface area contributed by atoms with Crippen molar-refractivity contribution in [1.82, 2.24) is 4.90 Å². The molecule has 354 valence electrons. The summed E-state index contributed by atoms with van der Waals surface area (Å²) >= 11 is 0. The third-order valence-electron chi connectivity index (χ3n) is 12.8. The van der Waals surface area contributed by atoms with Crippen LogP contribution in [0.25, 0.3) is 0 Å². The zero-order valence-corrected chi connectivity index (χ0v) is 38.3.